The van der Waals surface area contributed by atoms with Gasteiger partial charge in [-0.1, -0.05) is 30.3 Å². The van der Waals surface area contributed by atoms with Crippen LogP contribution in [0.4, 0.5) is 8.78 Å². The van der Waals surface area contributed by atoms with Crippen molar-refractivity contribution in [3.05, 3.63) is 35.9 Å². The van der Waals surface area contributed by atoms with Gasteiger partial charge in [0.15, 0.2) is 0 Å². The molecule has 1 N–H and O–H groups in total. The minimum atomic E-state index is -2.66. The standard InChI is InChI=1S/C15H21F2NO2/c16-15(17)12-18-7-6-14(15)11-20-9-8-19-10-13-4-2-1-3-5-13/h1-5,14,18H,6-12H2. The van der Waals surface area contributed by atoms with Gasteiger partial charge in [-0.3, -0.25) is 0 Å². The average Bonchev–Trinajstić information content (AvgIpc) is 2.45. The molecular weight excluding hydrogens is 264 g/mol. The highest BCUT2D eigenvalue weighted by atomic mass is 19.3. The second kappa shape index (κ2) is 7.67. The molecule has 2 rings (SSSR count). The van der Waals surface area contributed by atoms with E-state index in [0.717, 1.165) is 5.56 Å². The number of hydrogen-bond acceptors (Lipinski definition) is 3. The van der Waals surface area contributed by atoms with Gasteiger partial charge in [0, 0.05) is 5.92 Å². The Morgan fingerprint density at radius 1 is 1.15 bits per heavy atom. The lowest BCUT2D eigenvalue weighted by Gasteiger charge is -2.31. The first kappa shape index (κ1) is 15.4. The molecule has 1 atom stereocenters. The van der Waals surface area contributed by atoms with Crippen LogP contribution in [0, 0.1) is 5.92 Å². The van der Waals surface area contributed by atoms with Crippen LogP contribution in [0.3, 0.4) is 0 Å². The molecule has 1 saturated heterocycles. The van der Waals surface area contributed by atoms with Crippen molar-refractivity contribution in [1.29, 1.82) is 0 Å². The Kier molecular flexibility index (Phi) is 5.88. The molecule has 1 aliphatic rings. The first-order valence-corrected chi connectivity index (χ1v) is 6.96. The Hall–Kier alpha value is -1.04. The Bertz CT molecular complexity index is 387. The molecule has 0 bridgehead atoms. The number of hydrogen-bond donors (Lipinski definition) is 1. The molecule has 1 unspecified atom stereocenters. The van der Waals surface area contributed by atoms with Crippen LogP contribution in [0.1, 0.15) is 12.0 Å². The molecule has 20 heavy (non-hydrogen) atoms. The van der Waals surface area contributed by atoms with Gasteiger partial charge in [0.05, 0.1) is 33.0 Å². The molecular formula is C15H21F2NO2. The second-order valence-corrected chi connectivity index (χ2v) is 5.04. The SMILES string of the molecule is FC1(F)CNCCC1COCCOCc1ccccc1. The molecule has 0 spiro atoms. The van der Waals surface area contributed by atoms with Crippen LogP contribution in [-0.4, -0.2) is 38.8 Å². The number of piperidine rings is 1. The van der Waals surface area contributed by atoms with E-state index in [9.17, 15) is 8.78 Å². The van der Waals surface area contributed by atoms with Crippen LogP contribution < -0.4 is 5.32 Å². The van der Waals surface area contributed by atoms with Crippen molar-refractivity contribution in [2.75, 3.05) is 32.9 Å². The number of ether oxygens (including phenoxy) is 2. The lowest BCUT2D eigenvalue weighted by molar-refractivity contribution is -0.104. The van der Waals surface area contributed by atoms with Gasteiger partial charge in [0.2, 0.25) is 0 Å². The maximum absolute atomic E-state index is 13.5. The predicted molar refractivity (Wildman–Crippen MR) is 72.8 cm³/mol. The van der Waals surface area contributed by atoms with Crippen molar-refractivity contribution in [1.82, 2.24) is 5.32 Å². The average molecular weight is 285 g/mol. The van der Waals surface area contributed by atoms with Crippen LogP contribution in [-0.2, 0) is 16.1 Å². The minimum absolute atomic E-state index is 0.101. The third-order valence-corrected chi connectivity index (χ3v) is 3.43. The molecule has 0 aromatic heterocycles. The summed E-state index contributed by atoms with van der Waals surface area (Å²) in [6.07, 6.45) is 0.456. The van der Waals surface area contributed by atoms with Crippen molar-refractivity contribution in [2.24, 2.45) is 5.92 Å². The highest BCUT2D eigenvalue weighted by Gasteiger charge is 2.41. The third kappa shape index (κ3) is 4.81. The molecule has 0 radical (unpaired) electrons. The molecule has 1 fully saturated rings. The lowest BCUT2D eigenvalue weighted by atomic mass is 9.95. The molecule has 0 aliphatic carbocycles. The van der Waals surface area contributed by atoms with Crippen LogP contribution in [0.2, 0.25) is 0 Å². The summed E-state index contributed by atoms with van der Waals surface area (Å²) in [6, 6.07) is 9.82. The van der Waals surface area contributed by atoms with E-state index >= 15 is 0 Å². The summed E-state index contributed by atoms with van der Waals surface area (Å²) in [5.74, 6) is -3.35. The summed E-state index contributed by atoms with van der Waals surface area (Å²) in [5.41, 5.74) is 1.09. The van der Waals surface area contributed by atoms with Gasteiger partial charge in [-0.05, 0) is 18.5 Å². The van der Waals surface area contributed by atoms with E-state index < -0.39 is 11.8 Å². The van der Waals surface area contributed by atoms with Gasteiger partial charge in [0.1, 0.15) is 0 Å². The Morgan fingerprint density at radius 2 is 1.90 bits per heavy atom. The summed E-state index contributed by atoms with van der Waals surface area (Å²) in [6.45, 7) is 1.79. The van der Waals surface area contributed by atoms with E-state index in [0.29, 0.717) is 32.8 Å². The minimum Gasteiger partial charge on any atom is -0.379 e. The monoisotopic (exact) mass is 285 g/mol. The van der Waals surface area contributed by atoms with E-state index in [1.165, 1.54) is 0 Å². The molecule has 5 heteroatoms. The van der Waals surface area contributed by atoms with Gasteiger partial charge in [0.25, 0.3) is 5.92 Å². The summed E-state index contributed by atoms with van der Waals surface area (Å²) in [7, 11) is 0. The first-order chi connectivity index (χ1) is 9.68. The summed E-state index contributed by atoms with van der Waals surface area (Å²) in [5, 5.41) is 2.70. The maximum atomic E-state index is 13.5. The topological polar surface area (TPSA) is 30.5 Å². The van der Waals surface area contributed by atoms with Gasteiger partial charge in [-0.15, -0.1) is 0 Å². The first-order valence-electron chi connectivity index (χ1n) is 6.96. The van der Waals surface area contributed by atoms with Crippen LogP contribution in [0.25, 0.3) is 0 Å². The molecule has 1 aliphatic heterocycles. The van der Waals surface area contributed by atoms with Crippen LogP contribution in [0.15, 0.2) is 30.3 Å². The van der Waals surface area contributed by atoms with Crippen molar-refractivity contribution in [3.8, 4) is 0 Å². The van der Waals surface area contributed by atoms with Crippen LogP contribution >= 0.6 is 0 Å². The fourth-order valence-corrected chi connectivity index (χ4v) is 2.20. The number of benzene rings is 1. The quantitative estimate of drug-likeness (QED) is 0.781. The smallest absolute Gasteiger partial charge is 0.265 e. The highest BCUT2D eigenvalue weighted by molar-refractivity contribution is 5.13. The summed E-state index contributed by atoms with van der Waals surface area (Å²) < 4.78 is 37.7. The molecule has 1 aromatic carbocycles. The lowest BCUT2D eigenvalue weighted by Crippen LogP contribution is -2.47. The van der Waals surface area contributed by atoms with Gasteiger partial charge in [-0.25, -0.2) is 8.78 Å². The molecule has 0 amide bonds. The van der Waals surface area contributed by atoms with Gasteiger partial charge >= 0.3 is 0 Å². The molecule has 1 heterocycles. The third-order valence-electron chi connectivity index (χ3n) is 3.43. The summed E-state index contributed by atoms with van der Waals surface area (Å²) in [4.78, 5) is 0. The number of alkyl halides is 2. The zero-order valence-corrected chi connectivity index (χ0v) is 11.5. The predicted octanol–water partition coefficient (Wildman–Crippen LogP) is 2.46. The molecule has 112 valence electrons. The molecule has 0 saturated carbocycles. The van der Waals surface area contributed by atoms with Crippen LogP contribution in [0.5, 0.6) is 0 Å². The number of nitrogens with one attached hydrogen (secondary N) is 1. The van der Waals surface area contributed by atoms with E-state index in [1.807, 2.05) is 30.3 Å². The van der Waals surface area contributed by atoms with E-state index in [-0.39, 0.29) is 13.2 Å². The Morgan fingerprint density at radius 3 is 2.65 bits per heavy atom. The number of halogens is 2. The van der Waals surface area contributed by atoms with Crippen molar-refractivity contribution >= 4 is 0 Å². The molecule has 1 aromatic rings. The van der Waals surface area contributed by atoms with Gasteiger partial charge < -0.3 is 14.8 Å². The zero-order valence-electron chi connectivity index (χ0n) is 11.5. The maximum Gasteiger partial charge on any atom is 0.265 e. The Balaban J connectivity index is 1.55. The van der Waals surface area contributed by atoms with E-state index in [2.05, 4.69) is 5.32 Å². The van der Waals surface area contributed by atoms with Crippen molar-refractivity contribution < 1.29 is 18.3 Å². The summed E-state index contributed by atoms with van der Waals surface area (Å²) >= 11 is 0. The van der Waals surface area contributed by atoms with Gasteiger partial charge in [-0.2, -0.15) is 0 Å². The Labute approximate surface area is 118 Å². The zero-order chi connectivity index (χ0) is 14.3. The largest absolute Gasteiger partial charge is 0.379 e. The highest BCUT2D eigenvalue weighted by Crippen LogP contribution is 2.29. The van der Waals surface area contributed by atoms with E-state index in [1.54, 1.807) is 0 Å². The van der Waals surface area contributed by atoms with Crippen molar-refractivity contribution in [3.63, 3.8) is 0 Å². The second-order valence-electron chi connectivity index (χ2n) is 5.04. The fraction of sp³-hybridized carbons (Fsp3) is 0.600. The van der Waals surface area contributed by atoms with Crippen molar-refractivity contribution in [2.45, 2.75) is 19.0 Å². The normalized spacial score (nSPS) is 21.8. The fourth-order valence-electron chi connectivity index (χ4n) is 2.20. The van der Waals surface area contributed by atoms with E-state index in [4.69, 9.17) is 9.47 Å². The number of rotatable bonds is 7. The molecule has 3 nitrogen and oxygen atoms in total.